The van der Waals surface area contributed by atoms with E-state index in [1.165, 1.54) is 18.9 Å². The number of amides is 1. The largest absolute Gasteiger partial charge is 0.453 e. The Hall–Kier alpha value is -3.00. The molecule has 1 aromatic heterocycles. The van der Waals surface area contributed by atoms with Crippen LogP contribution in [0.5, 0.6) is 11.5 Å². The van der Waals surface area contributed by atoms with E-state index >= 15 is 0 Å². The van der Waals surface area contributed by atoms with Crippen molar-refractivity contribution < 1.29 is 18.3 Å². The molecule has 1 heterocycles. The van der Waals surface area contributed by atoms with E-state index in [4.69, 9.17) is 4.74 Å². The van der Waals surface area contributed by atoms with Gasteiger partial charge in [-0.3, -0.25) is 9.48 Å². The number of ether oxygens (including phenoxy) is 1. The van der Waals surface area contributed by atoms with Crippen LogP contribution in [0.3, 0.4) is 0 Å². The van der Waals surface area contributed by atoms with Gasteiger partial charge in [0.1, 0.15) is 11.6 Å². The molecule has 1 aliphatic rings. The zero-order valence-corrected chi connectivity index (χ0v) is 17.0. The molecule has 158 valence electrons. The quantitative estimate of drug-likeness (QED) is 0.609. The van der Waals surface area contributed by atoms with Gasteiger partial charge < -0.3 is 15.0 Å². The Morgan fingerprint density at radius 1 is 1.23 bits per heavy atom. The SMILES string of the molecule is CN(C)CCNC(=O)c1cc2c(cnn2CC2CC2)cc1Oc1ccc(F)cc1F. The summed E-state index contributed by atoms with van der Waals surface area (Å²) in [6.07, 6.45) is 4.08. The molecule has 8 heteroatoms. The van der Waals surface area contributed by atoms with Crippen molar-refractivity contribution in [3.8, 4) is 11.5 Å². The first-order valence-corrected chi connectivity index (χ1v) is 9.96. The Morgan fingerprint density at radius 2 is 2.03 bits per heavy atom. The van der Waals surface area contributed by atoms with Crippen LogP contribution >= 0.6 is 0 Å². The zero-order chi connectivity index (χ0) is 21.3. The summed E-state index contributed by atoms with van der Waals surface area (Å²) in [6, 6.07) is 6.47. The lowest BCUT2D eigenvalue weighted by molar-refractivity contribution is 0.0948. The van der Waals surface area contributed by atoms with Gasteiger partial charge in [-0.1, -0.05) is 0 Å². The highest BCUT2D eigenvalue weighted by molar-refractivity contribution is 6.01. The van der Waals surface area contributed by atoms with E-state index in [2.05, 4.69) is 10.4 Å². The van der Waals surface area contributed by atoms with Crippen LogP contribution in [0.1, 0.15) is 23.2 Å². The first-order chi connectivity index (χ1) is 14.4. The highest BCUT2D eigenvalue weighted by Crippen LogP contribution is 2.34. The number of carbonyl (C=O) groups is 1. The van der Waals surface area contributed by atoms with Crippen LogP contribution in [-0.4, -0.2) is 47.8 Å². The standard InChI is InChI=1S/C22H24F2N4O2/c1-27(2)8-7-25-22(29)17-11-19-15(12-26-28(19)13-14-3-4-14)9-21(17)30-20-6-5-16(23)10-18(20)24/h5-6,9-12,14H,3-4,7-8,13H2,1-2H3,(H,25,29). The molecule has 0 saturated heterocycles. The summed E-state index contributed by atoms with van der Waals surface area (Å²) < 4.78 is 35.0. The Bertz CT molecular complexity index is 1080. The van der Waals surface area contributed by atoms with Gasteiger partial charge in [0, 0.05) is 31.1 Å². The number of carbonyl (C=O) groups excluding carboxylic acids is 1. The molecule has 1 saturated carbocycles. The number of benzene rings is 2. The predicted molar refractivity (Wildman–Crippen MR) is 110 cm³/mol. The number of fused-ring (bicyclic) bond motifs is 1. The van der Waals surface area contributed by atoms with Crippen molar-refractivity contribution in [2.45, 2.75) is 19.4 Å². The smallest absolute Gasteiger partial charge is 0.255 e. The van der Waals surface area contributed by atoms with Gasteiger partial charge in [0.05, 0.1) is 17.3 Å². The maximum atomic E-state index is 14.1. The molecule has 2 aromatic carbocycles. The lowest BCUT2D eigenvalue weighted by atomic mass is 10.1. The van der Waals surface area contributed by atoms with Crippen molar-refractivity contribution >= 4 is 16.8 Å². The maximum Gasteiger partial charge on any atom is 0.255 e. The van der Waals surface area contributed by atoms with Crippen molar-refractivity contribution in [3.63, 3.8) is 0 Å². The number of rotatable bonds is 8. The van der Waals surface area contributed by atoms with E-state index in [9.17, 15) is 13.6 Å². The lowest BCUT2D eigenvalue weighted by Gasteiger charge is -2.14. The second kappa shape index (κ2) is 8.39. The number of hydrogen-bond donors (Lipinski definition) is 1. The van der Waals surface area contributed by atoms with E-state index in [1.54, 1.807) is 18.3 Å². The van der Waals surface area contributed by atoms with Crippen molar-refractivity contribution in [1.82, 2.24) is 20.0 Å². The molecule has 0 bridgehead atoms. The number of nitrogens with one attached hydrogen (secondary N) is 1. The molecule has 0 spiro atoms. The van der Waals surface area contributed by atoms with E-state index in [0.717, 1.165) is 29.6 Å². The molecule has 0 radical (unpaired) electrons. The third kappa shape index (κ3) is 4.59. The van der Waals surface area contributed by atoms with E-state index in [0.29, 0.717) is 19.0 Å². The summed E-state index contributed by atoms with van der Waals surface area (Å²) in [4.78, 5) is 14.9. The molecule has 4 rings (SSSR count). The fourth-order valence-corrected chi connectivity index (χ4v) is 3.22. The first-order valence-electron chi connectivity index (χ1n) is 9.96. The molecule has 6 nitrogen and oxygen atoms in total. The Labute approximate surface area is 173 Å². The number of aromatic nitrogens is 2. The number of hydrogen-bond acceptors (Lipinski definition) is 4. The fraction of sp³-hybridized carbons (Fsp3) is 0.364. The highest BCUT2D eigenvalue weighted by atomic mass is 19.1. The van der Waals surface area contributed by atoms with Gasteiger partial charge in [0.2, 0.25) is 0 Å². The average molecular weight is 414 g/mol. The summed E-state index contributed by atoms with van der Waals surface area (Å²) in [5, 5.41) is 8.09. The molecule has 0 atom stereocenters. The molecule has 1 fully saturated rings. The summed E-state index contributed by atoms with van der Waals surface area (Å²) in [7, 11) is 3.83. The monoisotopic (exact) mass is 414 g/mol. The summed E-state index contributed by atoms with van der Waals surface area (Å²) in [5.41, 5.74) is 1.11. The zero-order valence-electron chi connectivity index (χ0n) is 17.0. The lowest BCUT2D eigenvalue weighted by Crippen LogP contribution is -2.31. The molecule has 3 aromatic rings. The predicted octanol–water partition coefficient (Wildman–Crippen LogP) is 3.81. The van der Waals surface area contributed by atoms with Gasteiger partial charge in [0.25, 0.3) is 5.91 Å². The highest BCUT2D eigenvalue weighted by Gasteiger charge is 2.24. The average Bonchev–Trinajstić information content (AvgIpc) is 3.43. The Morgan fingerprint density at radius 3 is 2.73 bits per heavy atom. The van der Waals surface area contributed by atoms with Crippen molar-refractivity contribution in [2.24, 2.45) is 5.92 Å². The molecule has 1 N–H and O–H groups in total. The molecule has 0 unspecified atom stereocenters. The first kappa shape index (κ1) is 20.3. The second-order valence-corrected chi connectivity index (χ2v) is 7.91. The van der Waals surface area contributed by atoms with Gasteiger partial charge in [-0.25, -0.2) is 8.78 Å². The van der Waals surface area contributed by atoms with Crippen molar-refractivity contribution in [3.05, 3.63) is 53.7 Å². The Kier molecular flexibility index (Phi) is 5.67. The van der Waals surface area contributed by atoms with Crippen LogP contribution in [0, 0.1) is 17.6 Å². The fourth-order valence-electron chi connectivity index (χ4n) is 3.22. The van der Waals surface area contributed by atoms with E-state index in [1.807, 2.05) is 23.7 Å². The number of likely N-dealkylation sites (N-methyl/N-ethyl adjacent to an activating group) is 1. The minimum atomic E-state index is -0.835. The van der Waals surface area contributed by atoms with Crippen molar-refractivity contribution in [1.29, 1.82) is 0 Å². The van der Waals surface area contributed by atoms with Gasteiger partial charge in [-0.2, -0.15) is 5.10 Å². The van der Waals surface area contributed by atoms with Crippen LogP contribution in [0.4, 0.5) is 8.78 Å². The molecule has 1 aliphatic carbocycles. The second-order valence-electron chi connectivity index (χ2n) is 7.91. The van der Waals surface area contributed by atoms with Crippen LogP contribution in [0.25, 0.3) is 10.9 Å². The van der Waals surface area contributed by atoms with Crippen LogP contribution in [0.15, 0.2) is 36.5 Å². The van der Waals surface area contributed by atoms with Gasteiger partial charge in [-0.05, 0) is 57.1 Å². The Balaban J connectivity index is 1.69. The van der Waals surface area contributed by atoms with Crippen LogP contribution in [-0.2, 0) is 6.54 Å². The third-order valence-corrected chi connectivity index (χ3v) is 5.07. The number of nitrogens with zero attached hydrogens (tertiary/aromatic N) is 3. The topological polar surface area (TPSA) is 59.4 Å². The molecular formula is C22H24F2N4O2. The van der Waals surface area contributed by atoms with Gasteiger partial charge in [-0.15, -0.1) is 0 Å². The molecule has 30 heavy (non-hydrogen) atoms. The van der Waals surface area contributed by atoms with Crippen LogP contribution < -0.4 is 10.1 Å². The maximum absolute atomic E-state index is 14.1. The molecular weight excluding hydrogens is 390 g/mol. The van der Waals surface area contributed by atoms with E-state index < -0.39 is 11.6 Å². The third-order valence-electron chi connectivity index (χ3n) is 5.07. The molecule has 0 aliphatic heterocycles. The minimum Gasteiger partial charge on any atom is -0.453 e. The number of halogens is 2. The summed E-state index contributed by atoms with van der Waals surface area (Å²) >= 11 is 0. The minimum absolute atomic E-state index is 0.150. The summed E-state index contributed by atoms with van der Waals surface area (Å²) in [5.74, 6) is -1.19. The summed E-state index contributed by atoms with van der Waals surface area (Å²) in [6.45, 7) is 1.93. The van der Waals surface area contributed by atoms with Gasteiger partial charge >= 0.3 is 0 Å². The van der Waals surface area contributed by atoms with Crippen molar-refractivity contribution in [2.75, 3.05) is 27.2 Å². The molecule has 1 amide bonds. The van der Waals surface area contributed by atoms with Gasteiger partial charge in [0.15, 0.2) is 11.6 Å². The van der Waals surface area contributed by atoms with E-state index in [-0.39, 0.29) is 23.0 Å². The van der Waals surface area contributed by atoms with Crippen LogP contribution in [0.2, 0.25) is 0 Å². The normalized spacial score (nSPS) is 13.8.